The van der Waals surface area contributed by atoms with Crippen LogP contribution in [0.15, 0.2) is 79.6 Å². The molecule has 1 aromatic carbocycles. The molecule has 2 N–H and O–H groups in total. The summed E-state index contributed by atoms with van der Waals surface area (Å²) in [6.07, 6.45) is 1.87. The minimum Gasteiger partial charge on any atom is -0.477 e. The van der Waals surface area contributed by atoms with Crippen LogP contribution in [0.1, 0.15) is 4.88 Å². The zero-order valence-electron chi connectivity index (χ0n) is 18.0. The number of nitrogens with zero attached hydrogens (tertiary/aromatic N) is 1. The number of carbonyl (C=O) groups excluding carboxylic acids is 2. The number of rotatable bonds is 7. The maximum Gasteiger partial charge on any atom is 0.352 e. The standard InChI is InChI=1S/C24H18N2O5S4/c27-16-11-19(35-17-6-2-1-5-15(16)17)33-9-7-13-12-34-23-20(22(29)26(23)21(13)24(30)31)25-18(28)10-14-4-3-8-32-14/h1-9,11,20,23H,10,12H2,(H,25,28)(H,30,31)/b9-7+/t20?,23-/m1/s1. The van der Waals surface area contributed by atoms with Gasteiger partial charge in [-0.15, -0.1) is 34.4 Å². The lowest BCUT2D eigenvalue weighted by Crippen LogP contribution is -2.70. The Balaban J connectivity index is 1.30. The van der Waals surface area contributed by atoms with E-state index in [0.29, 0.717) is 16.7 Å². The van der Waals surface area contributed by atoms with Gasteiger partial charge in [-0.05, 0) is 40.6 Å². The number of fused-ring (bicyclic) bond motifs is 2. The van der Waals surface area contributed by atoms with Crippen molar-refractivity contribution in [1.29, 1.82) is 0 Å². The molecule has 2 aliphatic rings. The Hall–Kier alpha value is -2.86. The van der Waals surface area contributed by atoms with E-state index in [0.717, 1.165) is 13.8 Å². The SMILES string of the molecule is O=C(Cc1cccs1)NC1C(=O)N2C(C(=O)O)=C(/C=C/Sc3cc(=O)c4ccccc4s3)CS[C@H]12. The molecular formula is C24H18N2O5S4. The second-order valence-electron chi connectivity index (χ2n) is 7.74. The number of allylic oxidation sites excluding steroid dienone is 1. The maximum absolute atomic E-state index is 12.8. The zero-order valence-corrected chi connectivity index (χ0v) is 21.3. The van der Waals surface area contributed by atoms with Crippen LogP contribution in [0.25, 0.3) is 10.1 Å². The topological polar surface area (TPSA) is 104 Å². The fourth-order valence-corrected chi connectivity index (χ4v) is 7.89. The van der Waals surface area contributed by atoms with Crippen molar-refractivity contribution in [2.75, 3.05) is 5.75 Å². The molecule has 0 aliphatic carbocycles. The van der Waals surface area contributed by atoms with E-state index in [1.165, 1.54) is 51.1 Å². The smallest absolute Gasteiger partial charge is 0.352 e. The Labute approximate surface area is 216 Å². The second-order valence-corrected chi connectivity index (χ2v) is 12.2. The minimum atomic E-state index is -1.19. The highest BCUT2D eigenvalue weighted by Gasteiger charge is 2.53. The number of aliphatic carboxylic acids is 1. The van der Waals surface area contributed by atoms with Gasteiger partial charge in [0.2, 0.25) is 5.91 Å². The zero-order chi connectivity index (χ0) is 24.5. The normalized spacial score (nSPS) is 19.7. The molecule has 1 unspecified atom stereocenters. The van der Waals surface area contributed by atoms with Gasteiger partial charge in [0.05, 0.1) is 10.6 Å². The number of hydrogen-bond acceptors (Lipinski definition) is 8. The van der Waals surface area contributed by atoms with Gasteiger partial charge >= 0.3 is 5.97 Å². The molecule has 11 heteroatoms. The molecule has 4 heterocycles. The molecule has 0 radical (unpaired) electrons. The predicted octanol–water partition coefficient (Wildman–Crippen LogP) is 3.91. The van der Waals surface area contributed by atoms with Crippen LogP contribution in [0, 0.1) is 0 Å². The molecule has 1 fully saturated rings. The fourth-order valence-electron chi connectivity index (χ4n) is 3.89. The number of amides is 2. The summed E-state index contributed by atoms with van der Waals surface area (Å²) in [5.74, 6) is -1.49. The Morgan fingerprint density at radius 2 is 2.03 bits per heavy atom. The molecule has 2 atom stereocenters. The van der Waals surface area contributed by atoms with Crippen LogP contribution in [0.2, 0.25) is 0 Å². The van der Waals surface area contributed by atoms with Gasteiger partial charge in [-0.3, -0.25) is 19.3 Å². The molecular weight excluding hydrogens is 525 g/mol. The minimum absolute atomic E-state index is 0.0601. The number of thioether (sulfide) groups is 2. The van der Waals surface area contributed by atoms with Crippen LogP contribution < -0.4 is 10.7 Å². The van der Waals surface area contributed by atoms with Gasteiger partial charge < -0.3 is 10.4 Å². The lowest BCUT2D eigenvalue weighted by Gasteiger charge is -2.49. The van der Waals surface area contributed by atoms with Crippen molar-refractivity contribution in [3.63, 3.8) is 0 Å². The number of carboxylic acids is 1. The summed E-state index contributed by atoms with van der Waals surface area (Å²) in [4.78, 5) is 51.7. The molecule has 35 heavy (non-hydrogen) atoms. The molecule has 2 aliphatic heterocycles. The highest BCUT2D eigenvalue weighted by molar-refractivity contribution is 8.04. The summed E-state index contributed by atoms with van der Waals surface area (Å²) in [6, 6.07) is 11.9. The molecule has 7 nitrogen and oxygen atoms in total. The Bertz CT molecular complexity index is 1440. The van der Waals surface area contributed by atoms with Crippen LogP contribution >= 0.6 is 46.2 Å². The van der Waals surface area contributed by atoms with E-state index >= 15 is 0 Å². The van der Waals surface area contributed by atoms with Gasteiger partial charge in [0.25, 0.3) is 5.91 Å². The van der Waals surface area contributed by atoms with E-state index in [9.17, 15) is 24.3 Å². The Morgan fingerprint density at radius 1 is 1.20 bits per heavy atom. The van der Waals surface area contributed by atoms with Crippen molar-refractivity contribution < 1.29 is 19.5 Å². The van der Waals surface area contributed by atoms with Gasteiger partial charge in [0.1, 0.15) is 17.1 Å². The average Bonchev–Trinajstić information content (AvgIpc) is 3.35. The molecule has 2 aromatic heterocycles. The summed E-state index contributed by atoms with van der Waals surface area (Å²) in [6.45, 7) is 0. The number of carbonyl (C=O) groups is 3. The third kappa shape index (κ3) is 4.81. The lowest BCUT2D eigenvalue weighted by molar-refractivity contribution is -0.150. The monoisotopic (exact) mass is 542 g/mol. The van der Waals surface area contributed by atoms with Crippen LogP contribution in [0.3, 0.4) is 0 Å². The van der Waals surface area contributed by atoms with E-state index in [-0.39, 0.29) is 23.5 Å². The molecule has 1 saturated heterocycles. The highest BCUT2D eigenvalue weighted by Crippen LogP contribution is 2.41. The summed E-state index contributed by atoms with van der Waals surface area (Å²) in [5.41, 5.74) is 0.386. The maximum atomic E-state index is 12.8. The third-order valence-corrected chi connectivity index (χ3v) is 9.73. The van der Waals surface area contributed by atoms with Gasteiger partial charge in [0, 0.05) is 26.8 Å². The molecule has 0 saturated carbocycles. The van der Waals surface area contributed by atoms with E-state index in [1.807, 2.05) is 35.7 Å². The van der Waals surface area contributed by atoms with Gasteiger partial charge in [-0.2, -0.15) is 0 Å². The van der Waals surface area contributed by atoms with Crippen molar-refractivity contribution >= 4 is 74.1 Å². The summed E-state index contributed by atoms with van der Waals surface area (Å²) >= 11 is 5.70. The van der Waals surface area contributed by atoms with Crippen LogP contribution in [-0.4, -0.2) is 45.0 Å². The van der Waals surface area contributed by atoms with Gasteiger partial charge in [-0.1, -0.05) is 30.0 Å². The van der Waals surface area contributed by atoms with Gasteiger partial charge in [-0.25, -0.2) is 4.79 Å². The second kappa shape index (κ2) is 10.0. The number of thiophene rings is 1. The number of benzene rings is 1. The van der Waals surface area contributed by atoms with Crippen LogP contribution in [0.5, 0.6) is 0 Å². The van der Waals surface area contributed by atoms with Crippen molar-refractivity contribution in [3.8, 4) is 0 Å². The first-order valence-electron chi connectivity index (χ1n) is 10.5. The predicted molar refractivity (Wildman–Crippen MR) is 141 cm³/mol. The van der Waals surface area contributed by atoms with Crippen LogP contribution in [-0.2, 0) is 20.8 Å². The Kier molecular flexibility index (Phi) is 6.83. The largest absolute Gasteiger partial charge is 0.477 e. The fraction of sp³-hybridized carbons (Fsp3) is 0.167. The first-order valence-corrected chi connectivity index (χ1v) is 14.1. The van der Waals surface area contributed by atoms with E-state index in [1.54, 1.807) is 23.6 Å². The quantitative estimate of drug-likeness (QED) is 0.345. The summed E-state index contributed by atoms with van der Waals surface area (Å²) in [5, 5.41) is 16.4. The molecule has 178 valence electrons. The van der Waals surface area contributed by atoms with E-state index in [2.05, 4.69) is 5.32 Å². The molecule has 0 spiro atoms. The third-order valence-electron chi connectivity index (χ3n) is 5.50. The van der Waals surface area contributed by atoms with Crippen molar-refractivity contribution in [2.45, 2.75) is 22.0 Å². The molecule has 3 aromatic rings. The highest BCUT2D eigenvalue weighted by atomic mass is 32.2. The molecule has 0 bridgehead atoms. The number of β-lactam (4-membered cyclic amide) rings is 1. The average molecular weight is 543 g/mol. The van der Waals surface area contributed by atoms with Crippen LogP contribution in [0.4, 0.5) is 0 Å². The first-order chi connectivity index (χ1) is 16.9. The molecule has 2 amide bonds. The number of nitrogens with one attached hydrogen (secondary N) is 1. The Morgan fingerprint density at radius 3 is 2.80 bits per heavy atom. The van der Waals surface area contributed by atoms with Gasteiger partial charge in [0.15, 0.2) is 5.43 Å². The molecule has 5 rings (SSSR count). The van der Waals surface area contributed by atoms with Crippen molar-refractivity contribution in [3.05, 3.63) is 85.7 Å². The summed E-state index contributed by atoms with van der Waals surface area (Å²) < 4.78 is 1.67. The number of hydrogen-bond donors (Lipinski definition) is 2. The van der Waals surface area contributed by atoms with Crippen molar-refractivity contribution in [2.24, 2.45) is 0 Å². The number of carboxylic acid groups (broad SMARTS) is 1. The van der Waals surface area contributed by atoms with E-state index in [4.69, 9.17) is 0 Å². The van der Waals surface area contributed by atoms with E-state index < -0.39 is 23.3 Å². The first kappa shape index (κ1) is 23.9. The lowest BCUT2D eigenvalue weighted by atomic mass is 10.0. The van der Waals surface area contributed by atoms with Crippen molar-refractivity contribution in [1.82, 2.24) is 10.2 Å². The summed E-state index contributed by atoms with van der Waals surface area (Å²) in [7, 11) is 0.